The van der Waals surface area contributed by atoms with Gasteiger partial charge in [0.25, 0.3) is 0 Å². The van der Waals surface area contributed by atoms with Crippen molar-refractivity contribution in [2.24, 2.45) is 0 Å². The maximum Gasteiger partial charge on any atom is 0.340 e. The molecule has 0 aliphatic carbocycles. The highest BCUT2D eigenvalue weighted by molar-refractivity contribution is 6.11. The summed E-state index contributed by atoms with van der Waals surface area (Å²) in [6.45, 7) is 3.98. The van der Waals surface area contributed by atoms with Crippen molar-refractivity contribution in [2.45, 2.75) is 20.3 Å². The molecule has 31 heavy (non-hydrogen) atoms. The number of ether oxygens (including phenoxy) is 1. The lowest BCUT2D eigenvalue weighted by atomic mass is 9.95. The summed E-state index contributed by atoms with van der Waals surface area (Å²) < 4.78 is 17.2. The van der Waals surface area contributed by atoms with Gasteiger partial charge < -0.3 is 13.6 Å². The van der Waals surface area contributed by atoms with Crippen molar-refractivity contribution in [1.29, 1.82) is 0 Å². The maximum atomic E-state index is 12.8. The van der Waals surface area contributed by atoms with E-state index in [-0.39, 0.29) is 5.63 Å². The van der Waals surface area contributed by atoms with Gasteiger partial charge in [0.05, 0.1) is 18.8 Å². The summed E-state index contributed by atoms with van der Waals surface area (Å²) in [7, 11) is 1.66. The number of aryl methyl sites for hydroxylation is 2. The molecule has 0 atom stereocenters. The van der Waals surface area contributed by atoms with Crippen molar-refractivity contribution in [3.05, 3.63) is 99.6 Å². The van der Waals surface area contributed by atoms with Crippen LogP contribution in [0.25, 0.3) is 33.1 Å². The van der Waals surface area contributed by atoms with Gasteiger partial charge >= 0.3 is 5.63 Å². The molecule has 4 heteroatoms. The molecule has 0 bridgehead atoms. The van der Waals surface area contributed by atoms with Gasteiger partial charge in [-0.05, 0) is 54.3 Å². The Labute approximate surface area is 179 Å². The molecular formula is C27H22O4. The van der Waals surface area contributed by atoms with Crippen LogP contribution in [0.2, 0.25) is 0 Å². The number of fused-ring (bicyclic) bond motifs is 3. The molecule has 0 unspecified atom stereocenters. The molecule has 2 heterocycles. The van der Waals surface area contributed by atoms with Crippen LogP contribution in [0.4, 0.5) is 0 Å². The summed E-state index contributed by atoms with van der Waals surface area (Å²) in [6, 6.07) is 19.8. The Morgan fingerprint density at radius 1 is 0.935 bits per heavy atom. The largest absolute Gasteiger partial charge is 0.497 e. The highest BCUT2D eigenvalue weighted by atomic mass is 16.5. The predicted octanol–water partition coefficient (Wildman–Crippen LogP) is 6.42. The lowest BCUT2D eigenvalue weighted by Gasteiger charge is -2.10. The first kappa shape index (κ1) is 19.2. The number of hydrogen-bond acceptors (Lipinski definition) is 4. The summed E-state index contributed by atoms with van der Waals surface area (Å²) in [6.07, 6.45) is 2.29. The zero-order chi connectivity index (χ0) is 21.5. The van der Waals surface area contributed by atoms with E-state index in [9.17, 15) is 4.79 Å². The monoisotopic (exact) mass is 410 g/mol. The van der Waals surface area contributed by atoms with Crippen LogP contribution in [0.1, 0.15) is 22.3 Å². The van der Waals surface area contributed by atoms with Crippen molar-refractivity contribution < 1.29 is 13.6 Å². The highest BCUT2D eigenvalue weighted by Gasteiger charge is 2.20. The molecule has 0 aliphatic rings. The molecule has 3 aromatic carbocycles. The second-order valence-corrected chi connectivity index (χ2v) is 7.81. The topological polar surface area (TPSA) is 52.6 Å². The van der Waals surface area contributed by atoms with Crippen molar-refractivity contribution in [1.82, 2.24) is 0 Å². The van der Waals surface area contributed by atoms with E-state index >= 15 is 0 Å². The van der Waals surface area contributed by atoms with Crippen molar-refractivity contribution in [3.8, 4) is 16.9 Å². The molecule has 0 spiro atoms. The van der Waals surface area contributed by atoms with E-state index in [4.69, 9.17) is 13.6 Å². The molecule has 4 nitrogen and oxygen atoms in total. The van der Waals surface area contributed by atoms with Crippen LogP contribution in [-0.4, -0.2) is 7.11 Å². The first-order chi connectivity index (χ1) is 15.1. The summed E-state index contributed by atoms with van der Waals surface area (Å²) in [5, 5.41) is 1.86. The molecule has 0 amide bonds. The standard InChI is InChI=1S/C27H22O4/c1-16-12-23-25(17(2)21(27(28)31-23)13-18-8-5-4-6-9-18)26-24(16)22(15-30-26)19-10-7-11-20(14-19)29-3/h4-12,14-15H,13H2,1-3H3. The first-order valence-corrected chi connectivity index (χ1v) is 10.2. The Bertz CT molecular complexity index is 1470. The van der Waals surface area contributed by atoms with Gasteiger partial charge in [0.2, 0.25) is 0 Å². The third kappa shape index (κ3) is 3.21. The van der Waals surface area contributed by atoms with Gasteiger partial charge in [-0.15, -0.1) is 0 Å². The fourth-order valence-electron chi connectivity index (χ4n) is 4.30. The fraction of sp³-hybridized carbons (Fsp3) is 0.148. The first-order valence-electron chi connectivity index (χ1n) is 10.2. The quantitative estimate of drug-likeness (QED) is 0.321. The molecule has 0 radical (unpaired) electrons. The molecule has 0 saturated carbocycles. The van der Waals surface area contributed by atoms with Crippen LogP contribution in [0.15, 0.2) is 80.6 Å². The zero-order valence-electron chi connectivity index (χ0n) is 17.7. The Hall–Kier alpha value is -3.79. The Morgan fingerprint density at radius 2 is 1.74 bits per heavy atom. The maximum absolute atomic E-state index is 12.8. The van der Waals surface area contributed by atoms with Crippen LogP contribution in [0.3, 0.4) is 0 Å². The molecule has 0 saturated heterocycles. The zero-order valence-corrected chi connectivity index (χ0v) is 17.7. The number of rotatable bonds is 4. The van der Waals surface area contributed by atoms with Crippen LogP contribution < -0.4 is 10.4 Å². The van der Waals surface area contributed by atoms with E-state index in [0.717, 1.165) is 49.9 Å². The van der Waals surface area contributed by atoms with Crippen molar-refractivity contribution >= 4 is 21.9 Å². The van der Waals surface area contributed by atoms with Gasteiger partial charge in [0.1, 0.15) is 16.9 Å². The third-order valence-corrected chi connectivity index (χ3v) is 5.89. The Kier molecular flexibility index (Phi) is 4.63. The van der Waals surface area contributed by atoms with E-state index in [1.807, 2.05) is 74.5 Å². The van der Waals surface area contributed by atoms with Crippen LogP contribution in [-0.2, 0) is 6.42 Å². The molecule has 0 aliphatic heterocycles. The Balaban J connectivity index is 1.77. The van der Waals surface area contributed by atoms with Gasteiger partial charge in [-0.2, -0.15) is 0 Å². The summed E-state index contributed by atoms with van der Waals surface area (Å²) in [5.41, 5.74) is 6.61. The predicted molar refractivity (Wildman–Crippen MR) is 123 cm³/mol. The minimum absolute atomic E-state index is 0.299. The molecule has 2 aromatic heterocycles. The summed E-state index contributed by atoms with van der Waals surface area (Å²) in [5.74, 6) is 0.789. The smallest absolute Gasteiger partial charge is 0.340 e. The number of furan rings is 1. The molecule has 5 rings (SSSR count). The van der Waals surface area contributed by atoms with Gasteiger partial charge in [0.15, 0.2) is 0 Å². The van der Waals surface area contributed by atoms with Crippen LogP contribution in [0, 0.1) is 13.8 Å². The second-order valence-electron chi connectivity index (χ2n) is 7.81. The Morgan fingerprint density at radius 3 is 2.52 bits per heavy atom. The molecule has 0 fully saturated rings. The minimum atomic E-state index is -0.299. The average Bonchev–Trinajstić information content (AvgIpc) is 3.23. The van der Waals surface area contributed by atoms with E-state index in [2.05, 4.69) is 0 Å². The van der Waals surface area contributed by atoms with Crippen molar-refractivity contribution in [3.63, 3.8) is 0 Å². The second kappa shape index (κ2) is 7.47. The van der Waals surface area contributed by atoms with Crippen LogP contribution >= 0.6 is 0 Å². The van der Waals surface area contributed by atoms with Gasteiger partial charge in [0, 0.05) is 22.9 Å². The molecule has 154 valence electrons. The number of methoxy groups -OCH3 is 1. The SMILES string of the molecule is COc1cccc(-c2coc3c2c(C)cc2oc(=O)c(Cc4ccccc4)c(C)c23)c1. The summed E-state index contributed by atoms with van der Waals surface area (Å²) >= 11 is 0. The van der Waals surface area contributed by atoms with Gasteiger partial charge in [-0.3, -0.25) is 0 Å². The van der Waals surface area contributed by atoms with Gasteiger partial charge in [-0.1, -0.05) is 42.5 Å². The fourth-order valence-corrected chi connectivity index (χ4v) is 4.30. The van der Waals surface area contributed by atoms with E-state index < -0.39 is 0 Å². The van der Waals surface area contributed by atoms with E-state index in [0.29, 0.717) is 17.6 Å². The van der Waals surface area contributed by atoms with E-state index in [1.165, 1.54) is 0 Å². The molecule has 0 N–H and O–H groups in total. The minimum Gasteiger partial charge on any atom is -0.497 e. The highest BCUT2D eigenvalue weighted by Crippen LogP contribution is 2.39. The lowest BCUT2D eigenvalue weighted by Crippen LogP contribution is -2.11. The van der Waals surface area contributed by atoms with Gasteiger partial charge in [-0.25, -0.2) is 4.79 Å². The third-order valence-electron chi connectivity index (χ3n) is 5.89. The van der Waals surface area contributed by atoms with Crippen LogP contribution in [0.5, 0.6) is 5.75 Å². The summed E-state index contributed by atoms with van der Waals surface area (Å²) in [4.78, 5) is 12.8. The normalized spacial score (nSPS) is 11.3. The van der Waals surface area contributed by atoms with E-state index in [1.54, 1.807) is 13.4 Å². The lowest BCUT2D eigenvalue weighted by molar-refractivity contribution is 0.415. The molecule has 5 aromatic rings. The number of hydrogen-bond donors (Lipinski definition) is 0. The molecular weight excluding hydrogens is 388 g/mol. The average molecular weight is 410 g/mol. The van der Waals surface area contributed by atoms with Crippen molar-refractivity contribution in [2.75, 3.05) is 7.11 Å². The number of benzene rings is 3.